The third-order valence-electron chi connectivity index (χ3n) is 3.07. The van der Waals surface area contributed by atoms with Crippen molar-refractivity contribution in [3.8, 4) is 0 Å². The van der Waals surface area contributed by atoms with Crippen LogP contribution in [0.15, 0.2) is 24.5 Å². The number of nitrogens with zero attached hydrogens (tertiary/aromatic N) is 2. The zero-order chi connectivity index (χ0) is 15.0. The van der Waals surface area contributed by atoms with Crippen LogP contribution in [0.4, 0.5) is 4.79 Å². The first kappa shape index (κ1) is 15.9. The molecule has 0 saturated carbocycles. The average Bonchev–Trinajstić information content (AvgIpc) is 2.45. The number of aromatic nitrogens is 1. The van der Waals surface area contributed by atoms with Crippen molar-refractivity contribution in [1.82, 2.24) is 15.2 Å². The van der Waals surface area contributed by atoms with E-state index in [1.54, 1.807) is 24.2 Å². The van der Waals surface area contributed by atoms with Crippen molar-refractivity contribution in [3.63, 3.8) is 0 Å². The zero-order valence-electron chi connectivity index (χ0n) is 11.9. The van der Waals surface area contributed by atoms with Gasteiger partial charge in [-0.25, -0.2) is 4.79 Å². The predicted molar refractivity (Wildman–Crippen MR) is 75.1 cm³/mol. The Morgan fingerprint density at radius 3 is 2.60 bits per heavy atom. The summed E-state index contributed by atoms with van der Waals surface area (Å²) in [4.78, 5) is 28.3. The van der Waals surface area contributed by atoms with Crippen LogP contribution < -0.4 is 5.32 Å². The van der Waals surface area contributed by atoms with Gasteiger partial charge in [-0.2, -0.15) is 0 Å². The molecule has 110 valence electrons. The molecule has 0 fully saturated rings. The number of amides is 2. The van der Waals surface area contributed by atoms with Crippen LogP contribution in [-0.4, -0.2) is 40.1 Å². The van der Waals surface area contributed by atoms with Gasteiger partial charge in [-0.3, -0.25) is 9.78 Å². The Bertz CT molecular complexity index is 437. The monoisotopic (exact) mass is 279 g/mol. The molecule has 0 aromatic carbocycles. The molecule has 1 unspecified atom stereocenters. The largest absolute Gasteiger partial charge is 0.481 e. The molecule has 0 spiro atoms. The molecule has 1 aromatic heterocycles. The Morgan fingerprint density at radius 2 is 2.05 bits per heavy atom. The maximum Gasteiger partial charge on any atom is 0.317 e. The van der Waals surface area contributed by atoms with Crippen LogP contribution in [0, 0.1) is 5.92 Å². The highest BCUT2D eigenvalue weighted by Gasteiger charge is 2.14. The van der Waals surface area contributed by atoms with Crippen LogP contribution in [0.2, 0.25) is 0 Å². The molecule has 0 aliphatic heterocycles. The van der Waals surface area contributed by atoms with Gasteiger partial charge in [-0.15, -0.1) is 0 Å². The van der Waals surface area contributed by atoms with Crippen LogP contribution in [0.25, 0.3) is 0 Å². The van der Waals surface area contributed by atoms with Crippen LogP contribution >= 0.6 is 0 Å². The molecule has 1 rings (SSSR count). The van der Waals surface area contributed by atoms with E-state index in [0.29, 0.717) is 26.1 Å². The molecule has 1 aromatic rings. The van der Waals surface area contributed by atoms with Gasteiger partial charge in [0.2, 0.25) is 0 Å². The van der Waals surface area contributed by atoms with E-state index in [9.17, 15) is 9.59 Å². The molecule has 0 saturated heterocycles. The van der Waals surface area contributed by atoms with Crippen molar-refractivity contribution in [2.45, 2.75) is 26.8 Å². The van der Waals surface area contributed by atoms with E-state index < -0.39 is 11.9 Å². The molecule has 6 heteroatoms. The Morgan fingerprint density at radius 1 is 1.40 bits per heavy atom. The SMILES string of the molecule is CCN(Cc1ccncc1)C(=O)NCCC(C)C(=O)O. The second-order valence-electron chi connectivity index (χ2n) is 4.63. The molecule has 0 aliphatic carbocycles. The Hall–Kier alpha value is -2.11. The first-order valence-corrected chi connectivity index (χ1v) is 6.69. The minimum atomic E-state index is -0.844. The fraction of sp³-hybridized carbons (Fsp3) is 0.500. The Kier molecular flexibility index (Phi) is 6.49. The van der Waals surface area contributed by atoms with Crippen LogP contribution in [-0.2, 0) is 11.3 Å². The molecule has 2 N–H and O–H groups in total. The minimum absolute atomic E-state index is 0.179. The van der Waals surface area contributed by atoms with Crippen molar-refractivity contribution >= 4 is 12.0 Å². The third kappa shape index (κ3) is 5.26. The zero-order valence-corrected chi connectivity index (χ0v) is 11.9. The van der Waals surface area contributed by atoms with E-state index in [1.165, 1.54) is 0 Å². The van der Waals surface area contributed by atoms with Crippen LogP contribution in [0.5, 0.6) is 0 Å². The van der Waals surface area contributed by atoms with Gasteiger partial charge in [0.25, 0.3) is 0 Å². The van der Waals surface area contributed by atoms with E-state index in [1.807, 2.05) is 19.1 Å². The summed E-state index contributed by atoms with van der Waals surface area (Å²) in [6, 6.07) is 3.55. The maximum absolute atomic E-state index is 12.0. The standard InChI is InChI=1S/C14H21N3O3/c1-3-17(10-12-5-7-15-8-6-12)14(20)16-9-4-11(2)13(18)19/h5-8,11H,3-4,9-10H2,1-2H3,(H,16,20)(H,18,19). The average molecular weight is 279 g/mol. The number of rotatable bonds is 7. The fourth-order valence-electron chi connectivity index (χ4n) is 1.67. The minimum Gasteiger partial charge on any atom is -0.481 e. The van der Waals surface area contributed by atoms with Crippen molar-refractivity contribution in [2.24, 2.45) is 5.92 Å². The first-order valence-electron chi connectivity index (χ1n) is 6.69. The van der Waals surface area contributed by atoms with Crippen molar-refractivity contribution in [1.29, 1.82) is 0 Å². The molecule has 1 heterocycles. The van der Waals surface area contributed by atoms with Gasteiger partial charge in [0.05, 0.1) is 5.92 Å². The molecular formula is C14H21N3O3. The lowest BCUT2D eigenvalue weighted by molar-refractivity contribution is -0.141. The summed E-state index contributed by atoms with van der Waals surface area (Å²) in [5.41, 5.74) is 1.01. The summed E-state index contributed by atoms with van der Waals surface area (Å²) in [6.45, 7) is 4.99. The van der Waals surface area contributed by atoms with Gasteiger partial charge >= 0.3 is 12.0 Å². The molecule has 0 aliphatic rings. The maximum atomic E-state index is 12.0. The molecule has 2 amide bonds. The highest BCUT2D eigenvalue weighted by atomic mass is 16.4. The highest BCUT2D eigenvalue weighted by Crippen LogP contribution is 2.04. The second kappa shape index (κ2) is 8.14. The summed E-state index contributed by atoms with van der Waals surface area (Å²) in [6.07, 6.45) is 3.80. The second-order valence-corrected chi connectivity index (χ2v) is 4.63. The first-order chi connectivity index (χ1) is 9.54. The summed E-state index contributed by atoms with van der Waals surface area (Å²) < 4.78 is 0. The van der Waals surface area contributed by atoms with E-state index in [4.69, 9.17) is 5.11 Å². The third-order valence-corrected chi connectivity index (χ3v) is 3.07. The summed E-state index contributed by atoms with van der Waals surface area (Å²) in [7, 11) is 0. The summed E-state index contributed by atoms with van der Waals surface area (Å²) >= 11 is 0. The van der Waals surface area contributed by atoms with Crippen molar-refractivity contribution < 1.29 is 14.7 Å². The molecule has 0 bridgehead atoms. The van der Waals surface area contributed by atoms with Gasteiger partial charge in [-0.05, 0) is 31.0 Å². The van der Waals surface area contributed by atoms with Crippen molar-refractivity contribution in [3.05, 3.63) is 30.1 Å². The number of pyridine rings is 1. The van der Waals surface area contributed by atoms with E-state index >= 15 is 0 Å². The number of hydrogen-bond donors (Lipinski definition) is 2. The van der Waals surface area contributed by atoms with Crippen LogP contribution in [0.1, 0.15) is 25.8 Å². The number of carbonyl (C=O) groups is 2. The summed E-state index contributed by atoms with van der Waals surface area (Å²) in [5.74, 6) is -1.30. The van der Waals surface area contributed by atoms with Gasteiger partial charge in [-0.1, -0.05) is 6.92 Å². The number of urea groups is 1. The highest BCUT2D eigenvalue weighted by molar-refractivity contribution is 5.74. The number of aliphatic carboxylic acids is 1. The number of carboxylic acids is 1. The number of carboxylic acid groups (broad SMARTS) is 1. The molecule has 1 atom stereocenters. The molecule has 20 heavy (non-hydrogen) atoms. The Labute approximate surface area is 118 Å². The van der Waals surface area contributed by atoms with Gasteiger partial charge in [0.1, 0.15) is 0 Å². The number of nitrogens with one attached hydrogen (secondary N) is 1. The lowest BCUT2D eigenvalue weighted by Gasteiger charge is -2.21. The number of hydrogen-bond acceptors (Lipinski definition) is 3. The lowest BCUT2D eigenvalue weighted by Crippen LogP contribution is -2.40. The predicted octanol–water partition coefficient (Wildman–Crippen LogP) is 1.72. The molecular weight excluding hydrogens is 258 g/mol. The van der Waals surface area contributed by atoms with E-state index in [2.05, 4.69) is 10.3 Å². The smallest absolute Gasteiger partial charge is 0.317 e. The van der Waals surface area contributed by atoms with Gasteiger partial charge < -0.3 is 15.3 Å². The summed E-state index contributed by atoms with van der Waals surface area (Å²) in [5, 5.41) is 11.5. The van der Waals surface area contributed by atoms with E-state index in [-0.39, 0.29) is 6.03 Å². The lowest BCUT2D eigenvalue weighted by atomic mass is 10.1. The molecule has 0 radical (unpaired) electrons. The Balaban J connectivity index is 2.41. The normalized spacial score (nSPS) is 11.7. The quantitative estimate of drug-likeness (QED) is 0.796. The van der Waals surface area contributed by atoms with E-state index in [0.717, 1.165) is 5.56 Å². The molecule has 6 nitrogen and oxygen atoms in total. The van der Waals surface area contributed by atoms with Gasteiger partial charge in [0.15, 0.2) is 0 Å². The topological polar surface area (TPSA) is 82.5 Å². The number of carbonyl (C=O) groups excluding carboxylic acids is 1. The van der Waals surface area contributed by atoms with Crippen molar-refractivity contribution in [2.75, 3.05) is 13.1 Å². The fourth-order valence-corrected chi connectivity index (χ4v) is 1.67. The van der Waals surface area contributed by atoms with Crippen LogP contribution in [0.3, 0.4) is 0 Å². The van der Waals surface area contributed by atoms with Gasteiger partial charge in [0, 0.05) is 32.0 Å².